The zero-order valence-corrected chi connectivity index (χ0v) is 15.2. The molecule has 0 spiro atoms. The fraction of sp³-hybridized carbons (Fsp3) is 0.412. The molecule has 0 aliphatic carbocycles. The minimum atomic E-state index is -2.77. The van der Waals surface area contributed by atoms with E-state index in [4.69, 9.17) is 0 Å². The fourth-order valence-electron chi connectivity index (χ4n) is 2.99. The minimum absolute atomic E-state index is 0.0242. The molecule has 0 aromatic carbocycles. The highest BCUT2D eigenvalue weighted by Crippen LogP contribution is 2.25. The van der Waals surface area contributed by atoms with Crippen LogP contribution in [0.3, 0.4) is 0 Å². The molecule has 3 rings (SSSR count). The van der Waals surface area contributed by atoms with Gasteiger partial charge in [-0.3, -0.25) is 23.5 Å². The summed E-state index contributed by atoms with van der Waals surface area (Å²) in [5.74, 6) is -0.261. The van der Waals surface area contributed by atoms with E-state index in [0.29, 0.717) is 6.54 Å². The number of amides is 1. The van der Waals surface area contributed by atoms with E-state index in [-0.39, 0.29) is 35.5 Å². The number of pyridine rings is 1. The first-order valence-corrected chi connectivity index (χ1v) is 8.37. The number of nitrogens with one attached hydrogen (secondary N) is 1. The number of rotatable bonds is 6. The maximum Gasteiger partial charge on any atom is 0.264 e. The number of aromatic nitrogens is 5. The maximum absolute atomic E-state index is 13.2. The first-order valence-electron chi connectivity index (χ1n) is 8.37. The van der Waals surface area contributed by atoms with E-state index >= 15 is 0 Å². The van der Waals surface area contributed by atoms with Crippen molar-refractivity contribution in [3.05, 3.63) is 45.6 Å². The summed E-state index contributed by atoms with van der Waals surface area (Å²) in [5.41, 5.74) is 0.897. The lowest BCUT2D eigenvalue weighted by Crippen LogP contribution is -2.28. The first kappa shape index (κ1) is 18.7. The van der Waals surface area contributed by atoms with Gasteiger partial charge in [-0.2, -0.15) is 10.2 Å². The molecule has 1 N–H and O–H groups in total. The van der Waals surface area contributed by atoms with Crippen molar-refractivity contribution in [2.24, 2.45) is 14.1 Å². The van der Waals surface area contributed by atoms with Crippen LogP contribution in [0.15, 0.2) is 23.1 Å². The Labute approximate surface area is 153 Å². The number of alkyl halides is 2. The molecule has 8 nitrogen and oxygen atoms in total. The Bertz CT molecular complexity index is 1050. The second-order valence-corrected chi connectivity index (χ2v) is 6.36. The Kier molecular flexibility index (Phi) is 5.06. The molecular formula is C17H20F2N6O2. The Balaban J connectivity index is 1.74. The third-order valence-corrected chi connectivity index (χ3v) is 4.28. The molecule has 0 aliphatic rings. The second-order valence-electron chi connectivity index (χ2n) is 6.36. The lowest BCUT2D eigenvalue weighted by molar-refractivity contribution is -0.121. The van der Waals surface area contributed by atoms with Gasteiger partial charge in [0.25, 0.3) is 12.0 Å². The van der Waals surface area contributed by atoms with Crippen LogP contribution in [-0.4, -0.2) is 30.0 Å². The van der Waals surface area contributed by atoms with Crippen LogP contribution >= 0.6 is 0 Å². The number of carbonyl (C=O) groups is 1. The molecule has 0 atom stereocenters. The van der Waals surface area contributed by atoms with Crippen molar-refractivity contribution in [2.75, 3.05) is 0 Å². The number of carbonyl (C=O) groups excluding carboxylic acids is 1. The van der Waals surface area contributed by atoms with Gasteiger partial charge in [-0.15, -0.1) is 0 Å². The van der Waals surface area contributed by atoms with Crippen LogP contribution in [0.5, 0.6) is 0 Å². The van der Waals surface area contributed by atoms with Crippen LogP contribution in [0.2, 0.25) is 0 Å². The molecule has 0 radical (unpaired) electrons. The topological polar surface area (TPSA) is 86.7 Å². The molecule has 0 aliphatic heterocycles. The molecule has 3 heterocycles. The van der Waals surface area contributed by atoms with Crippen LogP contribution in [0.4, 0.5) is 8.78 Å². The summed E-state index contributed by atoms with van der Waals surface area (Å²) in [7, 11) is 3.38. The van der Waals surface area contributed by atoms with E-state index in [1.54, 1.807) is 18.8 Å². The normalized spacial score (nSPS) is 11.5. The van der Waals surface area contributed by atoms with E-state index in [9.17, 15) is 18.4 Å². The monoisotopic (exact) mass is 378 g/mol. The van der Waals surface area contributed by atoms with Gasteiger partial charge < -0.3 is 5.32 Å². The molecule has 0 bridgehead atoms. The average Bonchev–Trinajstić information content (AvgIpc) is 3.12. The highest BCUT2D eigenvalue weighted by molar-refractivity contribution is 5.79. The molecule has 3 aromatic heterocycles. The Morgan fingerprint density at radius 1 is 1.26 bits per heavy atom. The number of nitrogens with zero attached hydrogens (tertiary/aromatic N) is 5. The van der Waals surface area contributed by atoms with E-state index in [2.05, 4.69) is 15.5 Å². The van der Waals surface area contributed by atoms with Gasteiger partial charge in [0.1, 0.15) is 0 Å². The lowest BCUT2D eigenvalue weighted by atomic mass is 10.2. The second kappa shape index (κ2) is 7.29. The summed E-state index contributed by atoms with van der Waals surface area (Å²) in [5, 5.41) is 11.3. The van der Waals surface area contributed by atoms with Crippen molar-refractivity contribution < 1.29 is 13.6 Å². The highest BCUT2D eigenvalue weighted by atomic mass is 19.3. The first-order chi connectivity index (χ1) is 12.8. The van der Waals surface area contributed by atoms with Crippen LogP contribution < -0.4 is 10.9 Å². The SMILES string of the molecule is Cc1cc(CNC(=O)CCn2c(=O)cc(C(F)F)c3cn(C)nc32)n(C)n1. The number of fused-ring (bicyclic) bond motifs is 1. The zero-order chi connectivity index (χ0) is 19.7. The van der Waals surface area contributed by atoms with Crippen LogP contribution in [-0.2, 0) is 32.0 Å². The van der Waals surface area contributed by atoms with Gasteiger partial charge in [-0.1, -0.05) is 0 Å². The zero-order valence-electron chi connectivity index (χ0n) is 15.2. The summed E-state index contributed by atoms with van der Waals surface area (Å²) in [6.45, 7) is 2.22. The van der Waals surface area contributed by atoms with Gasteiger partial charge >= 0.3 is 0 Å². The molecule has 27 heavy (non-hydrogen) atoms. The molecule has 0 fully saturated rings. The quantitative estimate of drug-likeness (QED) is 0.703. The van der Waals surface area contributed by atoms with Gasteiger partial charge in [0.05, 0.1) is 17.9 Å². The van der Waals surface area contributed by atoms with Gasteiger partial charge in [-0.05, 0) is 13.0 Å². The number of aryl methyl sites for hydroxylation is 4. The van der Waals surface area contributed by atoms with Gasteiger partial charge in [0.15, 0.2) is 5.65 Å². The van der Waals surface area contributed by atoms with Crippen molar-refractivity contribution in [2.45, 2.75) is 32.9 Å². The molecule has 3 aromatic rings. The van der Waals surface area contributed by atoms with E-state index in [1.165, 1.54) is 15.4 Å². The summed E-state index contributed by atoms with van der Waals surface area (Å²) < 4.78 is 30.6. The Morgan fingerprint density at radius 3 is 2.63 bits per heavy atom. The Hall–Kier alpha value is -3.04. The van der Waals surface area contributed by atoms with E-state index < -0.39 is 12.0 Å². The number of hydrogen-bond acceptors (Lipinski definition) is 4. The molecule has 144 valence electrons. The fourth-order valence-corrected chi connectivity index (χ4v) is 2.99. The van der Waals surface area contributed by atoms with Crippen molar-refractivity contribution in [1.29, 1.82) is 0 Å². The summed E-state index contributed by atoms with van der Waals surface area (Å²) in [6.07, 6.45) is -1.31. The summed E-state index contributed by atoms with van der Waals surface area (Å²) in [6, 6.07) is 2.77. The number of halogens is 2. The summed E-state index contributed by atoms with van der Waals surface area (Å²) in [4.78, 5) is 24.4. The third-order valence-electron chi connectivity index (χ3n) is 4.28. The van der Waals surface area contributed by atoms with Crippen molar-refractivity contribution in [3.63, 3.8) is 0 Å². The lowest BCUT2D eigenvalue weighted by Gasteiger charge is -2.10. The van der Waals surface area contributed by atoms with Gasteiger partial charge in [0.2, 0.25) is 5.91 Å². The standard InChI is InChI=1S/C17H20F2N6O2/c1-10-6-11(24(3)21-10)8-20-14(26)4-5-25-15(27)7-12(16(18)19)13-9-23(2)22-17(13)25/h6-7,9,16H,4-5,8H2,1-3H3,(H,20,26). The smallest absolute Gasteiger partial charge is 0.264 e. The maximum atomic E-state index is 13.2. The summed E-state index contributed by atoms with van der Waals surface area (Å²) >= 11 is 0. The van der Waals surface area contributed by atoms with Gasteiger partial charge in [-0.25, -0.2) is 8.78 Å². The molecule has 0 unspecified atom stereocenters. The van der Waals surface area contributed by atoms with Crippen molar-refractivity contribution in [1.82, 2.24) is 29.4 Å². The van der Waals surface area contributed by atoms with E-state index in [0.717, 1.165) is 17.5 Å². The predicted molar refractivity (Wildman–Crippen MR) is 94.3 cm³/mol. The molecule has 0 saturated carbocycles. The largest absolute Gasteiger partial charge is 0.350 e. The molecule has 1 amide bonds. The molecular weight excluding hydrogens is 358 g/mol. The Morgan fingerprint density at radius 2 is 2.00 bits per heavy atom. The predicted octanol–water partition coefficient (Wildman–Crippen LogP) is 1.42. The van der Waals surface area contributed by atoms with Crippen LogP contribution in [0.25, 0.3) is 11.0 Å². The van der Waals surface area contributed by atoms with E-state index in [1.807, 2.05) is 13.0 Å². The van der Waals surface area contributed by atoms with Crippen molar-refractivity contribution >= 4 is 16.9 Å². The van der Waals surface area contributed by atoms with Crippen LogP contribution in [0.1, 0.15) is 29.8 Å². The van der Waals surface area contributed by atoms with Crippen molar-refractivity contribution in [3.8, 4) is 0 Å². The molecule has 0 saturated heterocycles. The van der Waals surface area contributed by atoms with Crippen LogP contribution in [0, 0.1) is 6.92 Å². The van der Waals surface area contributed by atoms with Gasteiger partial charge in [0, 0.05) is 50.3 Å². The minimum Gasteiger partial charge on any atom is -0.350 e. The third kappa shape index (κ3) is 3.88. The number of hydrogen-bond donors (Lipinski definition) is 1. The highest BCUT2D eigenvalue weighted by Gasteiger charge is 2.19. The molecule has 10 heteroatoms. The average molecular weight is 378 g/mol.